The summed E-state index contributed by atoms with van der Waals surface area (Å²) in [6, 6.07) is 5.16. The largest absolute Gasteiger partial charge is 0.508 e. The molecule has 102 valence electrons. The Kier molecular flexibility index (Phi) is 5.85. The Balaban J connectivity index is 0.00000162. The molecule has 0 bridgehead atoms. The Labute approximate surface area is 113 Å². The van der Waals surface area contributed by atoms with Crippen molar-refractivity contribution in [3.63, 3.8) is 0 Å². The number of hydrogen-bond acceptors (Lipinski definition) is 3. The Morgan fingerprint density at radius 2 is 2.06 bits per heavy atom. The van der Waals surface area contributed by atoms with Crippen LogP contribution in [0.1, 0.15) is 17.2 Å². The van der Waals surface area contributed by atoms with E-state index in [1.165, 1.54) is 0 Å². The lowest BCUT2D eigenvalue weighted by Crippen LogP contribution is -2.45. The van der Waals surface area contributed by atoms with E-state index in [4.69, 9.17) is 0 Å². The molecule has 0 radical (unpaired) electrons. The lowest BCUT2D eigenvalue weighted by molar-refractivity contribution is 0.147. The number of benzene rings is 1. The van der Waals surface area contributed by atoms with Gasteiger partial charge in [0.2, 0.25) is 0 Å². The SMILES string of the molecule is Cc1cc([C@@H](CF)N2CCNCC2)ccc1O.Cl. The topological polar surface area (TPSA) is 35.5 Å². The minimum Gasteiger partial charge on any atom is -0.508 e. The van der Waals surface area contributed by atoms with E-state index < -0.39 is 0 Å². The first-order valence-corrected chi connectivity index (χ1v) is 6.02. The molecule has 0 spiro atoms. The Morgan fingerprint density at radius 3 is 2.61 bits per heavy atom. The van der Waals surface area contributed by atoms with Gasteiger partial charge < -0.3 is 10.4 Å². The molecule has 1 fully saturated rings. The summed E-state index contributed by atoms with van der Waals surface area (Å²) in [5.74, 6) is 0.270. The Hall–Kier alpha value is -0.840. The lowest BCUT2D eigenvalue weighted by Gasteiger charge is -2.33. The molecule has 1 heterocycles. The highest BCUT2D eigenvalue weighted by atomic mass is 35.5. The number of aryl methyl sites for hydroxylation is 1. The molecular weight excluding hydrogens is 255 g/mol. The van der Waals surface area contributed by atoms with Crippen LogP contribution in [-0.2, 0) is 0 Å². The van der Waals surface area contributed by atoms with Crippen molar-refractivity contribution in [2.45, 2.75) is 13.0 Å². The van der Waals surface area contributed by atoms with E-state index in [0.717, 1.165) is 37.3 Å². The van der Waals surface area contributed by atoms with E-state index >= 15 is 0 Å². The van der Waals surface area contributed by atoms with Gasteiger partial charge >= 0.3 is 0 Å². The molecule has 0 aromatic heterocycles. The second-order valence-electron chi connectivity index (χ2n) is 4.50. The average molecular weight is 275 g/mol. The van der Waals surface area contributed by atoms with Crippen LogP contribution in [0, 0.1) is 6.92 Å². The third kappa shape index (κ3) is 3.34. The predicted molar refractivity (Wildman–Crippen MR) is 73.3 cm³/mol. The summed E-state index contributed by atoms with van der Waals surface area (Å²) >= 11 is 0. The molecule has 1 aromatic carbocycles. The zero-order valence-corrected chi connectivity index (χ0v) is 11.3. The van der Waals surface area contributed by atoms with Crippen molar-refractivity contribution in [2.24, 2.45) is 0 Å². The fraction of sp³-hybridized carbons (Fsp3) is 0.538. The van der Waals surface area contributed by atoms with Gasteiger partial charge in [0.05, 0.1) is 6.04 Å². The summed E-state index contributed by atoms with van der Waals surface area (Å²) < 4.78 is 13.2. The number of alkyl halides is 1. The maximum atomic E-state index is 13.2. The van der Waals surface area contributed by atoms with Gasteiger partial charge in [-0.05, 0) is 24.1 Å². The highest BCUT2D eigenvalue weighted by molar-refractivity contribution is 5.85. The van der Waals surface area contributed by atoms with Crippen molar-refractivity contribution in [2.75, 3.05) is 32.9 Å². The Morgan fingerprint density at radius 1 is 1.39 bits per heavy atom. The molecule has 3 nitrogen and oxygen atoms in total. The van der Waals surface area contributed by atoms with Crippen molar-refractivity contribution in [3.05, 3.63) is 29.3 Å². The number of nitrogens with zero attached hydrogens (tertiary/aromatic N) is 1. The highest BCUT2D eigenvalue weighted by Crippen LogP contribution is 2.26. The van der Waals surface area contributed by atoms with Crippen molar-refractivity contribution in [1.82, 2.24) is 10.2 Å². The number of rotatable bonds is 3. The van der Waals surface area contributed by atoms with Gasteiger partial charge in [0, 0.05) is 26.2 Å². The number of halogens is 2. The van der Waals surface area contributed by atoms with Crippen molar-refractivity contribution >= 4 is 12.4 Å². The van der Waals surface area contributed by atoms with Gasteiger partial charge in [-0.1, -0.05) is 12.1 Å². The molecule has 1 aliphatic heterocycles. The fourth-order valence-corrected chi connectivity index (χ4v) is 2.28. The van der Waals surface area contributed by atoms with Crippen LogP contribution < -0.4 is 5.32 Å². The summed E-state index contributed by atoms with van der Waals surface area (Å²) in [6.45, 7) is 5.01. The molecule has 0 amide bonds. The molecule has 1 aliphatic rings. The van der Waals surface area contributed by atoms with Crippen LogP contribution in [0.4, 0.5) is 4.39 Å². The van der Waals surface area contributed by atoms with Gasteiger partial charge in [-0.25, -0.2) is 4.39 Å². The Bertz CT molecular complexity index is 383. The summed E-state index contributed by atoms with van der Waals surface area (Å²) in [4.78, 5) is 2.16. The van der Waals surface area contributed by atoms with Crippen molar-refractivity contribution in [1.29, 1.82) is 0 Å². The molecule has 1 aromatic rings. The number of phenols is 1. The number of aromatic hydroxyl groups is 1. The van der Waals surface area contributed by atoms with Gasteiger partial charge in [-0.15, -0.1) is 12.4 Å². The van der Waals surface area contributed by atoms with Crippen LogP contribution in [0.5, 0.6) is 5.75 Å². The maximum absolute atomic E-state index is 13.2. The molecule has 1 atom stereocenters. The molecule has 0 unspecified atom stereocenters. The van der Waals surface area contributed by atoms with E-state index in [0.29, 0.717) is 0 Å². The van der Waals surface area contributed by atoms with Gasteiger partial charge in [-0.3, -0.25) is 4.90 Å². The molecule has 0 saturated carbocycles. The maximum Gasteiger partial charge on any atom is 0.118 e. The molecule has 2 rings (SSSR count). The van der Waals surface area contributed by atoms with Gasteiger partial charge in [0.25, 0.3) is 0 Å². The first kappa shape index (κ1) is 15.2. The number of phenolic OH excluding ortho intramolecular Hbond substituents is 1. The summed E-state index contributed by atoms with van der Waals surface area (Å²) in [7, 11) is 0. The fourth-order valence-electron chi connectivity index (χ4n) is 2.28. The van der Waals surface area contributed by atoms with Crippen molar-refractivity contribution in [3.8, 4) is 5.75 Å². The second kappa shape index (κ2) is 6.92. The third-order valence-electron chi connectivity index (χ3n) is 3.34. The van der Waals surface area contributed by atoms with Crippen LogP contribution in [0.15, 0.2) is 18.2 Å². The third-order valence-corrected chi connectivity index (χ3v) is 3.34. The predicted octanol–water partition coefficient (Wildman–Crippen LogP) is 2.04. The van der Waals surface area contributed by atoms with Gasteiger partial charge in [0.1, 0.15) is 12.4 Å². The van der Waals surface area contributed by atoms with E-state index in [2.05, 4.69) is 10.2 Å². The van der Waals surface area contributed by atoms with Crippen LogP contribution >= 0.6 is 12.4 Å². The minimum atomic E-state index is -0.385. The number of hydrogen-bond donors (Lipinski definition) is 2. The first-order chi connectivity index (χ1) is 8.22. The molecular formula is C13H20ClFN2O. The van der Waals surface area contributed by atoms with Crippen LogP contribution in [0.3, 0.4) is 0 Å². The second-order valence-corrected chi connectivity index (χ2v) is 4.50. The first-order valence-electron chi connectivity index (χ1n) is 6.02. The lowest BCUT2D eigenvalue weighted by atomic mass is 10.0. The number of piperazine rings is 1. The highest BCUT2D eigenvalue weighted by Gasteiger charge is 2.22. The van der Waals surface area contributed by atoms with Crippen LogP contribution in [0.2, 0.25) is 0 Å². The van der Waals surface area contributed by atoms with E-state index in [1.54, 1.807) is 6.07 Å². The molecule has 18 heavy (non-hydrogen) atoms. The molecule has 2 N–H and O–H groups in total. The van der Waals surface area contributed by atoms with E-state index in [-0.39, 0.29) is 30.9 Å². The average Bonchev–Trinajstić information content (AvgIpc) is 2.36. The standard InChI is InChI=1S/C13H19FN2O.ClH/c1-10-8-11(2-3-13(10)17)12(9-14)16-6-4-15-5-7-16;/h2-3,8,12,15,17H,4-7,9H2,1H3;1H/t12-;/m1./s1. The summed E-state index contributed by atoms with van der Waals surface area (Å²) in [6.07, 6.45) is 0. The monoisotopic (exact) mass is 274 g/mol. The zero-order valence-electron chi connectivity index (χ0n) is 10.5. The molecule has 1 saturated heterocycles. The molecule has 5 heteroatoms. The number of nitrogens with one attached hydrogen (secondary N) is 1. The summed E-state index contributed by atoms with van der Waals surface area (Å²) in [5.41, 5.74) is 1.75. The van der Waals surface area contributed by atoms with Crippen LogP contribution in [-0.4, -0.2) is 42.9 Å². The van der Waals surface area contributed by atoms with Crippen LogP contribution in [0.25, 0.3) is 0 Å². The quantitative estimate of drug-likeness (QED) is 0.885. The smallest absolute Gasteiger partial charge is 0.118 e. The normalized spacial score (nSPS) is 18.1. The van der Waals surface area contributed by atoms with E-state index in [9.17, 15) is 9.50 Å². The van der Waals surface area contributed by atoms with Crippen molar-refractivity contribution < 1.29 is 9.50 Å². The van der Waals surface area contributed by atoms with E-state index in [1.807, 2.05) is 19.1 Å². The summed E-state index contributed by atoms with van der Waals surface area (Å²) in [5, 5.41) is 12.8. The minimum absolute atomic E-state index is 0. The van der Waals surface area contributed by atoms with Gasteiger partial charge in [-0.2, -0.15) is 0 Å². The van der Waals surface area contributed by atoms with Gasteiger partial charge in [0.15, 0.2) is 0 Å². The molecule has 0 aliphatic carbocycles. The zero-order chi connectivity index (χ0) is 12.3.